The quantitative estimate of drug-likeness (QED) is 0.491. The number of aryl methyl sites for hydroxylation is 3. The summed E-state index contributed by atoms with van der Waals surface area (Å²) in [4.78, 5) is 17.4. The van der Waals surface area contributed by atoms with E-state index < -0.39 is 10.0 Å². The van der Waals surface area contributed by atoms with Gasteiger partial charge in [0.25, 0.3) is 0 Å². The van der Waals surface area contributed by atoms with Crippen LogP contribution in [0.5, 0.6) is 0 Å². The molecule has 0 atom stereocenters. The van der Waals surface area contributed by atoms with Crippen LogP contribution >= 0.6 is 0 Å². The molecule has 8 heteroatoms. The number of benzene rings is 2. The Balaban J connectivity index is 1.84. The number of anilines is 1. The lowest BCUT2D eigenvalue weighted by atomic mass is 10.2. The zero-order chi connectivity index (χ0) is 23.3. The smallest absolute Gasteiger partial charge is 0.243 e. The second kappa shape index (κ2) is 10.3. The van der Waals surface area contributed by atoms with E-state index in [4.69, 9.17) is 4.98 Å². The van der Waals surface area contributed by atoms with E-state index in [-0.39, 0.29) is 10.8 Å². The summed E-state index contributed by atoms with van der Waals surface area (Å²) < 4.78 is 29.3. The Morgan fingerprint density at radius 1 is 1.09 bits per heavy atom. The average molecular weight is 457 g/mol. The van der Waals surface area contributed by atoms with Crippen molar-refractivity contribution in [3.8, 4) is 0 Å². The third-order valence-electron chi connectivity index (χ3n) is 5.47. The summed E-state index contributed by atoms with van der Waals surface area (Å²) >= 11 is 0. The predicted octanol–water partition coefficient (Wildman–Crippen LogP) is 4.36. The number of aromatic nitrogens is 2. The summed E-state index contributed by atoms with van der Waals surface area (Å²) in [6.45, 7) is 9.32. The highest BCUT2D eigenvalue weighted by Crippen LogP contribution is 2.24. The Morgan fingerprint density at radius 2 is 1.84 bits per heavy atom. The van der Waals surface area contributed by atoms with E-state index in [9.17, 15) is 13.2 Å². The van der Waals surface area contributed by atoms with Crippen molar-refractivity contribution in [2.45, 2.75) is 58.4 Å². The molecule has 3 rings (SSSR count). The summed E-state index contributed by atoms with van der Waals surface area (Å²) in [5.41, 5.74) is 3.39. The molecule has 0 aliphatic carbocycles. The van der Waals surface area contributed by atoms with Gasteiger partial charge in [-0.1, -0.05) is 32.9 Å². The van der Waals surface area contributed by atoms with Crippen molar-refractivity contribution in [1.29, 1.82) is 0 Å². The molecule has 1 N–H and O–H groups in total. The van der Waals surface area contributed by atoms with Crippen LogP contribution in [0.25, 0.3) is 11.0 Å². The Bertz CT molecular complexity index is 1200. The summed E-state index contributed by atoms with van der Waals surface area (Å²) in [6.07, 6.45) is 1.68. The van der Waals surface area contributed by atoms with Crippen molar-refractivity contribution in [3.63, 3.8) is 0 Å². The van der Waals surface area contributed by atoms with Gasteiger partial charge in [-0.15, -0.1) is 0 Å². The van der Waals surface area contributed by atoms with Crippen LogP contribution < -0.4 is 5.32 Å². The molecule has 0 aliphatic rings. The molecule has 3 aromatic rings. The van der Waals surface area contributed by atoms with Gasteiger partial charge in [-0.2, -0.15) is 4.31 Å². The highest BCUT2D eigenvalue weighted by atomic mass is 32.2. The molecule has 0 radical (unpaired) electrons. The standard InChI is InChI=1S/C24H32N4O3S/c1-5-15-28-22-12-11-20(32(30,31)27(6-2)7-3)17-21(22)26-23(28)13-14-24(29)25-19-10-8-9-18(4)16-19/h8-12,16-17H,5-7,13-15H2,1-4H3,(H,25,29). The largest absolute Gasteiger partial charge is 0.328 e. The minimum Gasteiger partial charge on any atom is -0.328 e. The van der Waals surface area contributed by atoms with Gasteiger partial charge in [0.1, 0.15) is 5.82 Å². The highest BCUT2D eigenvalue weighted by molar-refractivity contribution is 7.89. The fourth-order valence-corrected chi connectivity index (χ4v) is 5.35. The Morgan fingerprint density at radius 3 is 2.50 bits per heavy atom. The van der Waals surface area contributed by atoms with Gasteiger partial charge in [0.15, 0.2) is 0 Å². The number of fused-ring (bicyclic) bond motifs is 1. The van der Waals surface area contributed by atoms with Crippen LogP contribution in [0.1, 0.15) is 45.0 Å². The van der Waals surface area contributed by atoms with Gasteiger partial charge >= 0.3 is 0 Å². The van der Waals surface area contributed by atoms with Gasteiger partial charge in [-0.05, 0) is 49.2 Å². The normalized spacial score (nSPS) is 11.9. The van der Waals surface area contributed by atoms with Crippen LogP contribution in [0.15, 0.2) is 47.4 Å². The maximum Gasteiger partial charge on any atom is 0.243 e. The van der Waals surface area contributed by atoms with Gasteiger partial charge in [0.2, 0.25) is 15.9 Å². The summed E-state index contributed by atoms with van der Waals surface area (Å²) in [6, 6.07) is 12.8. The number of nitrogens with one attached hydrogen (secondary N) is 1. The van der Waals surface area contributed by atoms with Crippen molar-refractivity contribution in [1.82, 2.24) is 13.9 Å². The maximum atomic E-state index is 12.9. The van der Waals surface area contributed by atoms with Crippen LogP contribution in [0.3, 0.4) is 0 Å². The second-order valence-electron chi connectivity index (χ2n) is 7.84. The third-order valence-corrected chi connectivity index (χ3v) is 7.51. The Hall–Kier alpha value is -2.71. The topological polar surface area (TPSA) is 84.3 Å². The first-order valence-corrected chi connectivity index (χ1v) is 12.6. The SMILES string of the molecule is CCCn1c(CCC(=O)Nc2cccc(C)c2)nc2cc(S(=O)(=O)N(CC)CC)ccc21. The lowest BCUT2D eigenvalue weighted by molar-refractivity contribution is -0.116. The lowest BCUT2D eigenvalue weighted by Crippen LogP contribution is -2.30. The minimum absolute atomic E-state index is 0.0736. The van der Waals surface area contributed by atoms with E-state index in [0.29, 0.717) is 31.4 Å². The summed E-state index contributed by atoms with van der Waals surface area (Å²) in [7, 11) is -3.55. The van der Waals surface area contributed by atoms with Crippen molar-refractivity contribution >= 4 is 32.7 Å². The first kappa shape index (κ1) is 23.9. The molecule has 0 unspecified atom stereocenters. The van der Waals surface area contributed by atoms with Crippen molar-refractivity contribution in [2.24, 2.45) is 0 Å². The number of nitrogens with zero attached hydrogens (tertiary/aromatic N) is 3. The summed E-state index contributed by atoms with van der Waals surface area (Å²) in [5.74, 6) is 0.717. The number of imidazole rings is 1. The number of hydrogen-bond acceptors (Lipinski definition) is 4. The van der Waals surface area contributed by atoms with Crippen LogP contribution in [0.2, 0.25) is 0 Å². The molecule has 2 aromatic carbocycles. The first-order valence-electron chi connectivity index (χ1n) is 11.2. The van der Waals surface area contributed by atoms with Gasteiger partial charge in [-0.25, -0.2) is 13.4 Å². The fourth-order valence-electron chi connectivity index (χ4n) is 3.87. The molecule has 0 saturated carbocycles. The van der Waals surface area contributed by atoms with Crippen LogP contribution in [0.4, 0.5) is 5.69 Å². The zero-order valence-corrected chi connectivity index (χ0v) is 20.1. The molecule has 1 heterocycles. The number of rotatable bonds is 10. The highest BCUT2D eigenvalue weighted by Gasteiger charge is 2.23. The van der Waals surface area contributed by atoms with Crippen LogP contribution in [-0.4, -0.2) is 41.3 Å². The zero-order valence-electron chi connectivity index (χ0n) is 19.3. The van der Waals surface area contributed by atoms with E-state index >= 15 is 0 Å². The van der Waals surface area contributed by atoms with Gasteiger partial charge < -0.3 is 9.88 Å². The molecule has 172 valence electrons. The molecule has 1 aromatic heterocycles. The second-order valence-corrected chi connectivity index (χ2v) is 9.78. The van der Waals surface area contributed by atoms with Crippen molar-refractivity contribution < 1.29 is 13.2 Å². The molecular weight excluding hydrogens is 424 g/mol. The first-order chi connectivity index (χ1) is 15.3. The molecule has 0 aliphatic heterocycles. The Labute approximate surface area is 190 Å². The van der Waals surface area contributed by atoms with Gasteiger partial charge in [0, 0.05) is 38.2 Å². The summed E-state index contributed by atoms with van der Waals surface area (Å²) in [5, 5.41) is 2.93. The molecule has 0 bridgehead atoms. The van der Waals surface area contributed by atoms with E-state index in [1.165, 1.54) is 4.31 Å². The van der Waals surface area contributed by atoms with Crippen LogP contribution in [0, 0.1) is 6.92 Å². The number of carbonyl (C=O) groups excluding carboxylic acids is 1. The predicted molar refractivity (Wildman–Crippen MR) is 128 cm³/mol. The molecule has 32 heavy (non-hydrogen) atoms. The van der Waals surface area contributed by atoms with Gasteiger partial charge in [0.05, 0.1) is 15.9 Å². The van der Waals surface area contributed by atoms with E-state index in [1.807, 2.05) is 51.1 Å². The minimum atomic E-state index is -3.55. The number of hydrogen-bond donors (Lipinski definition) is 1. The van der Waals surface area contributed by atoms with Crippen molar-refractivity contribution in [2.75, 3.05) is 18.4 Å². The molecule has 0 saturated heterocycles. The van der Waals surface area contributed by atoms with E-state index in [0.717, 1.165) is 35.6 Å². The van der Waals surface area contributed by atoms with E-state index in [2.05, 4.69) is 16.8 Å². The molecule has 0 fully saturated rings. The number of sulfonamides is 1. The Kier molecular flexibility index (Phi) is 7.69. The number of amides is 1. The molecule has 1 amide bonds. The van der Waals surface area contributed by atoms with Crippen molar-refractivity contribution in [3.05, 3.63) is 53.9 Å². The molecular formula is C24H32N4O3S. The number of carbonyl (C=O) groups is 1. The van der Waals surface area contributed by atoms with Crippen LogP contribution in [-0.2, 0) is 27.8 Å². The average Bonchev–Trinajstić information content (AvgIpc) is 3.10. The molecule has 7 nitrogen and oxygen atoms in total. The molecule has 0 spiro atoms. The lowest BCUT2D eigenvalue weighted by Gasteiger charge is -2.18. The fraction of sp³-hybridized carbons (Fsp3) is 0.417. The monoisotopic (exact) mass is 456 g/mol. The third kappa shape index (κ3) is 5.19. The van der Waals surface area contributed by atoms with E-state index in [1.54, 1.807) is 12.1 Å². The van der Waals surface area contributed by atoms with Gasteiger partial charge in [-0.3, -0.25) is 4.79 Å². The maximum absolute atomic E-state index is 12.9.